The number of aliphatic imine (C=N–C) groups is 1. The summed E-state index contributed by atoms with van der Waals surface area (Å²) in [6, 6.07) is 0. The van der Waals surface area contributed by atoms with Crippen LogP contribution in [0.15, 0.2) is 17.1 Å². The van der Waals surface area contributed by atoms with Crippen molar-refractivity contribution in [2.45, 2.75) is 6.92 Å². The molecule has 0 bridgehead atoms. The molecule has 0 aliphatic rings. The Balaban J connectivity index is 3.58. The molecule has 0 aromatic heterocycles. The first-order valence-electron chi connectivity index (χ1n) is 2.16. The lowest BCUT2D eigenvalue weighted by molar-refractivity contribution is 1.41. The van der Waals surface area contributed by atoms with E-state index in [-0.39, 0.29) is 0 Å². The quantitative estimate of drug-likeness (QED) is 0.377. The lowest BCUT2D eigenvalue weighted by Gasteiger charge is -1.81. The third-order valence-electron chi connectivity index (χ3n) is 0.596. The Morgan fingerprint density at radius 3 is 2.43 bits per heavy atom. The van der Waals surface area contributed by atoms with Gasteiger partial charge in [-0.15, -0.1) is 0 Å². The van der Waals surface area contributed by atoms with Crippen LogP contribution in [-0.4, -0.2) is 12.9 Å². The summed E-state index contributed by atoms with van der Waals surface area (Å²) in [5, 5.41) is 0. The predicted octanol–water partition coefficient (Wildman–Crippen LogP) is 0.550. The minimum atomic E-state index is 0.572. The second kappa shape index (κ2) is 3.40. The fraction of sp³-hybridized carbons (Fsp3) is 0.400. The number of hydrogen-bond acceptors (Lipinski definition) is 1. The molecule has 0 amide bonds. The minimum Gasteiger partial charge on any atom is -0.384 e. The molecule has 2 heteroatoms. The van der Waals surface area contributed by atoms with Crippen LogP contribution in [0.4, 0.5) is 0 Å². The molecule has 0 saturated carbocycles. The molecule has 0 aliphatic carbocycles. The van der Waals surface area contributed by atoms with E-state index in [1.54, 1.807) is 13.1 Å². The van der Waals surface area contributed by atoms with E-state index in [0.717, 1.165) is 0 Å². The van der Waals surface area contributed by atoms with Crippen molar-refractivity contribution in [3.63, 3.8) is 0 Å². The number of nitrogens with zero attached hydrogens (tertiary/aromatic N) is 1. The van der Waals surface area contributed by atoms with Gasteiger partial charge in [-0.05, 0) is 13.0 Å². The van der Waals surface area contributed by atoms with Gasteiger partial charge in [-0.25, -0.2) is 0 Å². The van der Waals surface area contributed by atoms with Gasteiger partial charge in [0, 0.05) is 7.05 Å². The van der Waals surface area contributed by atoms with Crippen molar-refractivity contribution in [3.8, 4) is 0 Å². The van der Waals surface area contributed by atoms with Crippen molar-refractivity contribution in [1.82, 2.24) is 0 Å². The SMILES string of the molecule is CC=CC(N)=NC. The number of nitrogens with two attached hydrogens (primary N) is 1. The zero-order chi connectivity index (χ0) is 5.70. The van der Waals surface area contributed by atoms with Crippen LogP contribution in [-0.2, 0) is 0 Å². The van der Waals surface area contributed by atoms with Gasteiger partial charge in [0.25, 0.3) is 0 Å². The Morgan fingerprint density at radius 1 is 1.71 bits per heavy atom. The van der Waals surface area contributed by atoms with Crippen LogP contribution in [0.1, 0.15) is 6.92 Å². The summed E-state index contributed by atoms with van der Waals surface area (Å²) < 4.78 is 0. The first kappa shape index (κ1) is 6.21. The molecule has 40 valence electrons. The van der Waals surface area contributed by atoms with Crippen LogP contribution in [0, 0.1) is 0 Å². The van der Waals surface area contributed by atoms with Crippen molar-refractivity contribution in [2.75, 3.05) is 7.05 Å². The molecular formula is C5H10N2. The predicted molar refractivity (Wildman–Crippen MR) is 32.4 cm³/mol. The second-order valence-corrected chi connectivity index (χ2v) is 1.15. The van der Waals surface area contributed by atoms with Gasteiger partial charge in [-0.1, -0.05) is 6.08 Å². The molecule has 0 spiro atoms. The van der Waals surface area contributed by atoms with Crippen molar-refractivity contribution in [3.05, 3.63) is 12.2 Å². The largest absolute Gasteiger partial charge is 0.384 e. The summed E-state index contributed by atoms with van der Waals surface area (Å²) in [5.41, 5.74) is 5.25. The Morgan fingerprint density at radius 2 is 2.29 bits per heavy atom. The van der Waals surface area contributed by atoms with E-state index in [1.165, 1.54) is 0 Å². The van der Waals surface area contributed by atoms with Crippen LogP contribution in [0.5, 0.6) is 0 Å². The summed E-state index contributed by atoms with van der Waals surface area (Å²) in [4.78, 5) is 3.69. The van der Waals surface area contributed by atoms with Gasteiger partial charge in [0.05, 0.1) is 0 Å². The van der Waals surface area contributed by atoms with E-state index in [9.17, 15) is 0 Å². The van der Waals surface area contributed by atoms with Crippen LogP contribution in [0.2, 0.25) is 0 Å². The van der Waals surface area contributed by atoms with Gasteiger partial charge in [0.1, 0.15) is 5.84 Å². The molecule has 0 saturated heterocycles. The molecule has 0 heterocycles. The molecule has 0 rings (SSSR count). The molecule has 0 aromatic rings. The smallest absolute Gasteiger partial charge is 0.117 e. The highest BCUT2D eigenvalue weighted by atomic mass is 14.8. The minimum absolute atomic E-state index is 0.572. The van der Waals surface area contributed by atoms with E-state index in [4.69, 9.17) is 5.73 Å². The fourth-order valence-electron chi connectivity index (χ4n) is 0.245. The zero-order valence-electron chi connectivity index (χ0n) is 4.68. The maximum Gasteiger partial charge on any atom is 0.117 e. The Labute approximate surface area is 43.7 Å². The van der Waals surface area contributed by atoms with Crippen LogP contribution >= 0.6 is 0 Å². The zero-order valence-corrected chi connectivity index (χ0v) is 4.68. The second-order valence-electron chi connectivity index (χ2n) is 1.15. The van der Waals surface area contributed by atoms with Gasteiger partial charge in [0.2, 0.25) is 0 Å². The number of hydrogen-bond donors (Lipinski definition) is 1. The standard InChI is InChI=1S/C5H10N2/c1-3-4-5(6)7-2/h3-4H,1-2H3,(H2,6,7). The highest BCUT2D eigenvalue weighted by molar-refractivity contribution is 5.91. The van der Waals surface area contributed by atoms with E-state index in [1.807, 2.05) is 13.0 Å². The Kier molecular flexibility index (Phi) is 3.02. The molecule has 0 aliphatic heterocycles. The first-order chi connectivity index (χ1) is 3.31. The van der Waals surface area contributed by atoms with E-state index in [0.29, 0.717) is 5.84 Å². The number of rotatable bonds is 1. The molecule has 0 atom stereocenters. The molecule has 0 aromatic carbocycles. The van der Waals surface area contributed by atoms with Gasteiger partial charge in [0.15, 0.2) is 0 Å². The summed E-state index contributed by atoms with van der Waals surface area (Å²) in [7, 11) is 1.66. The highest BCUT2D eigenvalue weighted by Gasteiger charge is 1.71. The third-order valence-corrected chi connectivity index (χ3v) is 0.596. The van der Waals surface area contributed by atoms with E-state index in [2.05, 4.69) is 4.99 Å². The topological polar surface area (TPSA) is 38.4 Å². The molecule has 7 heavy (non-hydrogen) atoms. The molecule has 0 unspecified atom stereocenters. The number of amidine groups is 1. The number of allylic oxidation sites excluding steroid dienone is 1. The van der Waals surface area contributed by atoms with Gasteiger partial charge in [-0.2, -0.15) is 0 Å². The van der Waals surface area contributed by atoms with Crippen LogP contribution in [0.3, 0.4) is 0 Å². The summed E-state index contributed by atoms with van der Waals surface area (Å²) in [6.07, 6.45) is 3.60. The molecule has 2 nitrogen and oxygen atoms in total. The highest BCUT2D eigenvalue weighted by Crippen LogP contribution is 1.68. The van der Waals surface area contributed by atoms with Gasteiger partial charge < -0.3 is 5.73 Å². The maximum atomic E-state index is 5.25. The summed E-state index contributed by atoms with van der Waals surface area (Å²) in [5.74, 6) is 0.572. The van der Waals surface area contributed by atoms with E-state index < -0.39 is 0 Å². The summed E-state index contributed by atoms with van der Waals surface area (Å²) >= 11 is 0. The monoisotopic (exact) mass is 98.1 g/mol. The van der Waals surface area contributed by atoms with Gasteiger partial charge in [-0.3, -0.25) is 4.99 Å². The molecule has 0 radical (unpaired) electrons. The lowest BCUT2D eigenvalue weighted by atomic mass is 10.5. The third kappa shape index (κ3) is 3.03. The molecule has 0 fully saturated rings. The molecular weight excluding hydrogens is 88.1 g/mol. The lowest BCUT2D eigenvalue weighted by Crippen LogP contribution is -2.06. The van der Waals surface area contributed by atoms with Crippen molar-refractivity contribution in [1.29, 1.82) is 0 Å². The summed E-state index contributed by atoms with van der Waals surface area (Å²) in [6.45, 7) is 1.90. The van der Waals surface area contributed by atoms with Crippen LogP contribution in [0.25, 0.3) is 0 Å². The van der Waals surface area contributed by atoms with E-state index >= 15 is 0 Å². The maximum absolute atomic E-state index is 5.25. The van der Waals surface area contributed by atoms with Gasteiger partial charge >= 0.3 is 0 Å². The normalized spacial score (nSPS) is 13.1. The average molecular weight is 98.1 g/mol. The fourth-order valence-corrected chi connectivity index (χ4v) is 0.245. The Hall–Kier alpha value is -0.790. The van der Waals surface area contributed by atoms with Crippen molar-refractivity contribution >= 4 is 5.84 Å². The van der Waals surface area contributed by atoms with Crippen molar-refractivity contribution < 1.29 is 0 Å². The first-order valence-corrected chi connectivity index (χ1v) is 2.16. The molecule has 2 N–H and O–H groups in total. The average Bonchev–Trinajstić information content (AvgIpc) is 1.68. The van der Waals surface area contributed by atoms with Crippen molar-refractivity contribution in [2.24, 2.45) is 10.7 Å². The Bertz CT molecular complexity index is 92.3. The van der Waals surface area contributed by atoms with Crippen LogP contribution < -0.4 is 5.73 Å².